The van der Waals surface area contributed by atoms with Crippen LogP contribution in [0.25, 0.3) is 0 Å². The number of anilines is 3. The number of carbonyl (C=O) groups is 2. The van der Waals surface area contributed by atoms with Crippen LogP contribution in [-0.2, 0) is 4.79 Å². The van der Waals surface area contributed by atoms with E-state index in [0.29, 0.717) is 11.4 Å². The lowest BCUT2D eigenvalue weighted by Crippen LogP contribution is -2.47. The van der Waals surface area contributed by atoms with Crippen molar-refractivity contribution >= 4 is 29.0 Å². The minimum absolute atomic E-state index is 0.0855. The molecule has 0 spiro atoms. The molecule has 0 aliphatic carbocycles. The number of urea groups is 1. The SMILES string of the molecule is CC(Nc1cccc(NC(=O)Nc2ccccc2)c1)C(=O)NC(C)(C)C. The first kappa shape index (κ1) is 19.3. The maximum Gasteiger partial charge on any atom is 0.323 e. The molecule has 0 saturated carbocycles. The molecule has 3 amide bonds. The van der Waals surface area contributed by atoms with E-state index in [1.54, 1.807) is 19.1 Å². The maximum atomic E-state index is 12.2. The van der Waals surface area contributed by atoms with Gasteiger partial charge in [0, 0.05) is 22.6 Å². The van der Waals surface area contributed by atoms with Crippen molar-refractivity contribution in [1.82, 2.24) is 5.32 Å². The van der Waals surface area contributed by atoms with Crippen molar-refractivity contribution in [3.05, 3.63) is 54.6 Å². The van der Waals surface area contributed by atoms with Crippen LogP contribution in [0.2, 0.25) is 0 Å². The van der Waals surface area contributed by atoms with Gasteiger partial charge in [-0.1, -0.05) is 24.3 Å². The predicted molar refractivity (Wildman–Crippen MR) is 107 cm³/mol. The second-order valence-electron chi connectivity index (χ2n) is 7.13. The number of benzene rings is 2. The van der Waals surface area contributed by atoms with E-state index in [-0.39, 0.29) is 17.5 Å². The van der Waals surface area contributed by atoms with Crippen molar-refractivity contribution in [3.8, 4) is 0 Å². The molecule has 6 heteroatoms. The lowest BCUT2D eigenvalue weighted by molar-refractivity contribution is -0.122. The summed E-state index contributed by atoms with van der Waals surface area (Å²) in [7, 11) is 0. The van der Waals surface area contributed by atoms with Crippen molar-refractivity contribution in [3.63, 3.8) is 0 Å². The van der Waals surface area contributed by atoms with Crippen molar-refractivity contribution in [2.24, 2.45) is 0 Å². The molecular formula is C20H26N4O2. The Hall–Kier alpha value is -3.02. The molecule has 0 aliphatic rings. The topological polar surface area (TPSA) is 82.3 Å². The lowest BCUT2D eigenvalue weighted by Gasteiger charge is -2.24. The van der Waals surface area contributed by atoms with Gasteiger partial charge in [0.2, 0.25) is 5.91 Å². The Balaban J connectivity index is 1.95. The van der Waals surface area contributed by atoms with E-state index in [2.05, 4.69) is 21.3 Å². The molecule has 6 nitrogen and oxygen atoms in total. The molecule has 0 radical (unpaired) electrons. The summed E-state index contributed by atoms with van der Waals surface area (Å²) in [5.74, 6) is -0.0855. The Labute approximate surface area is 154 Å². The first-order valence-electron chi connectivity index (χ1n) is 8.54. The van der Waals surface area contributed by atoms with Crippen LogP contribution >= 0.6 is 0 Å². The predicted octanol–water partition coefficient (Wildman–Crippen LogP) is 4.05. The maximum absolute atomic E-state index is 12.2. The Morgan fingerprint density at radius 3 is 2.08 bits per heavy atom. The molecule has 0 aromatic heterocycles. The van der Waals surface area contributed by atoms with Crippen LogP contribution < -0.4 is 21.3 Å². The second kappa shape index (κ2) is 8.38. The van der Waals surface area contributed by atoms with Crippen LogP contribution in [-0.4, -0.2) is 23.5 Å². The Bertz CT molecular complexity index is 754. The molecule has 1 atom stereocenters. The molecule has 1 unspecified atom stereocenters. The van der Waals surface area contributed by atoms with Crippen LogP contribution in [0.4, 0.5) is 21.9 Å². The lowest BCUT2D eigenvalue weighted by atomic mass is 10.1. The van der Waals surface area contributed by atoms with E-state index in [4.69, 9.17) is 0 Å². The quantitative estimate of drug-likeness (QED) is 0.654. The highest BCUT2D eigenvalue weighted by molar-refractivity contribution is 6.00. The van der Waals surface area contributed by atoms with E-state index in [0.717, 1.165) is 5.69 Å². The fraction of sp³-hybridized carbons (Fsp3) is 0.300. The number of rotatable bonds is 5. The smallest absolute Gasteiger partial charge is 0.323 e. The van der Waals surface area contributed by atoms with Crippen molar-refractivity contribution in [2.45, 2.75) is 39.3 Å². The monoisotopic (exact) mass is 354 g/mol. The summed E-state index contributed by atoms with van der Waals surface area (Å²) in [5, 5.41) is 11.6. The Kier molecular flexibility index (Phi) is 6.22. The van der Waals surface area contributed by atoms with Gasteiger partial charge in [0.15, 0.2) is 0 Å². The summed E-state index contributed by atoms with van der Waals surface area (Å²) in [6, 6.07) is 15.7. The number of carbonyl (C=O) groups excluding carboxylic acids is 2. The number of nitrogens with one attached hydrogen (secondary N) is 4. The zero-order valence-electron chi connectivity index (χ0n) is 15.6. The molecule has 2 aromatic rings. The van der Waals surface area contributed by atoms with E-state index >= 15 is 0 Å². The molecule has 0 bridgehead atoms. The zero-order chi connectivity index (χ0) is 19.2. The summed E-state index contributed by atoms with van der Waals surface area (Å²) >= 11 is 0. The number of hydrogen-bond acceptors (Lipinski definition) is 3. The average Bonchev–Trinajstić information content (AvgIpc) is 2.54. The summed E-state index contributed by atoms with van der Waals surface area (Å²) in [5.41, 5.74) is 1.81. The van der Waals surface area contributed by atoms with Gasteiger partial charge in [-0.2, -0.15) is 0 Å². The Morgan fingerprint density at radius 2 is 1.42 bits per heavy atom. The molecule has 0 saturated heterocycles. The first-order chi connectivity index (χ1) is 12.2. The third-order valence-corrected chi connectivity index (χ3v) is 3.43. The van der Waals surface area contributed by atoms with E-state index in [9.17, 15) is 9.59 Å². The molecule has 2 aromatic carbocycles. The van der Waals surface area contributed by atoms with Crippen molar-refractivity contribution < 1.29 is 9.59 Å². The normalized spacial score (nSPS) is 12.0. The van der Waals surface area contributed by atoms with Gasteiger partial charge in [-0.25, -0.2) is 4.79 Å². The summed E-state index contributed by atoms with van der Waals surface area (Å²) < 4.78 is 0. The summed E-state index contributed by atoms with van der Waals surface area (Å²) in [4.78, 5) is 24.2. The highest BCUT2D eigenvalue weighted by atomic mass is 16.2. The fourth-order valence-corrected chi connectivity index (χ4v) is 2.30. The summed E-state index contributed by atoms with van der Waals surface area (Å²) in [6.45, 7) is 7.61. The van der Waals surface area contributed by atoms with Gasteiger partial charge in [-0.05, 0) is 58.0 Å². The molecule has 0 heterocycles. The van der Waals surface area contributed by atoms with Crippen LogP contribution in [0.5, 0.6) is 0 Å². The van der Waals surface area contributed by atoms with Crippen molar-refractivity contribution in [1.29, 1.82) is 0 Å². The molecule has 0 fully saturated rings. The van der Waals surface area contributed by atoms with Gasteiger partial charge in [0.1, 0.15) is 6.04 Å². The molecule has 2 rings (SSSR count). The van der Waals surface area contributed by atoms with Crippen molar-refractivity contribution in [2.75, 3.05) is 16.0 Å². The fourth-order valence-electron chi connectivity index (χ4n) is 2.30. The number of amides is 3. The molecule has 138 valence electrons. The van der Waals surface area contributed by atoms with Gasteiger partial charge in [0.05, 0.1) is 0 Å². The van der Waals surface area contributed by atoms with Crippen LogP contribution in [0.15, 0.2) is 54.6 Å². The van der Waals surface area contributed by atoms with Crippen LogP contribution in [0.1, 0.15) is 27.7 Å². The molecule has 0 aliphatic heterocycles. The van der Waals surface area contributed by atoms with Gasteiger partial charge >= 0.3 is 6.03 Å². The van der Waals surface area contributed by atoms with Crippen LogP contribution in [0, 0.1) is 0 Å². The number of para-hydroxylation sites is 1. The minimum Gasteiger partial charge on any atom is -0.374 e. The van der Waals surface area contributed by atoms with Gasteiger partial charge in [-0.3, -0.25) is 4.79 Å². The van der Waals surface area contributed by atoms with Gasteiger partial charge in [0.25, 0.3) is 0 Å². The molecular weight excluding hydrogens is 328 g/mol. The largest absolute Gasteiger partial charge is 0.374 e. The van der Waals surface area contributed by atoms with Crippen LogP contribution in [0.3, 0.4) is 0 Å². The molecule has 4 N–H and O–H groups in total. The van der Waals surface area contributed by atoms with E-state index < -0.39 is 6.04 Å². The van der Waals surface area contributed by atoms with Gasteiger partial charge in [-0.15, -0.1) is 0 Å². The second-order valence-corrected chi connectivity index (χ2v) is 7.13. The number of hydrogen-bond donors (Lipinski definition) is 4. The third kappa shape index (κ3) is 6.47. The minimum atomic E-state index is -0.400. The highest BCUT2D eigenvalue weighted by Crippen LogP contribution is 2.17. The summed E-state index contributed by atoms with van der Waals surface area (Å²) in [6.07, 6.45) is 0. The Morgan fingerprint density at radius 1 is 0.846 bits per heavy atom. The highest BCUT2D eigenvalue weighted by Gasteiger charge is 2.19. The average molecular weight is 354 g/mol. The zero-order valence-corrected chi connectivity index (χ0v) is 15.6. The van der Waals surface area contributed by atoms with E-state index in [1.165, 1.54) is 0 Å². The van der Waals surface area contributed by atoms with E-state index in [1.807, 2.05) is 63.2 Å². The molecule has 26 heavy (non-hydrogen) atoms. The third-order valence-electron chi connectivity index (χ3n) is 3.43. The van der Waals surface area contributed by atoms with Gasteiger partial charge < -0.3 is 21.3 Å². The standard InChI is InChI=1S/C20H26N4O2/c1-14(18(25)24-20(2,3)4)21-16-11-8-12-17(13-16)23-19(26)22-15-9-6-5-7-10-15/h5-14,21H,1-4H3,(H,24,25)(H2,22,23,26). The first-order valence-corrected chi connectivity index (χ1v) is 8.54.